The molecule has 1 N–H and O–H groups in total. The Bertz CT molecular complexity index is 324. The molecule has 0 atom stereocenters. The Balaban J connectivity index is 0.00000529. The minimum atomic E-state index is 0. The zero-order chi connectivity index (χ0) is 16.9. The lowest BCUT2D eigenvalue weighted by Crippen LogP contribution is -2.47. The number of piperidine rings is 1. The first kappa shape index (κ1) is 23.9. The molecule has 0 aliphatic carbocycles. The molecule has 1 aliphatic rings. The monoisotopic (exact) mass is 456 g/mol. The van der Waals surface area contributed by atoms with Gasteiger partial charge in [0, 0.05) is 46.5 Å². The van der Waals surface area contributed by atoms with Gasteiger partial charge in [-0.1, -0.05) is 6.92 Å². The van der Waals surface area contributed by atoms with Gasteiger partial charge in [0.15, 0.2) is 5.96 Å². The van der Waals surface area contributed by atoms with Crippen LogP contribution >= 0.6 is 24.0 Å². The van der Waals surface area contributed by atoms with Crippen LogP contribution in [0.2, 0.25) is 0 Å². The van der Waals surface area contributed by atoms with Crippen LogP contribution in [0.1, 0.15) is 33.1 Å². The van der Waals surface area contributed by atoms with E-state index in [1.165, 1.54) is 0 Å². The average Bonchev–Trinajstić information content (AvgIpc) is 2.58. The smallest absolute Gasteiger partial charge is 0.193 e. The topological polar surface area (TPSA) is 49.3 Å². The molecule has 1 fully saturated rings. The van der Waals surface area contributed by atoms with Crippen molar-refractivity contribution in [3.8, 4) is 0 Å². The number of methoxy groups -OCH3 is 1. The highest BCUT2D eigenvalue weighted by atomic mass is 127. The SMILES string of the molecule is CCNC(=NCCN(C)CC)N1CCC(OCCCOC)CC1.I. The largest absolute Gasteiger partial charge is 0.385 e. The highest BCUT2D eigenvalue weighted by molar-refractivity contribution is 14.0. The average molecular weight is 456 g/mol. The maximum absolute atomic E-state index is 5.93. The van der Waals surface area contributed by atoms with Crippen LogP contribution in [0.25, 0.3) is 0 Å². The first-order valence-corrected chi connectivity index (χ1v) is 9.03. The predicted octanol–water partition coefficient (Wildman–Crippen LogP) is 2.04. The molecule has 7 heteroatoms. The minimum absolute atomic E-state index is 0. The van der Waals surface area contributed by atoms with Crippen LogP contribution in [0.5, 0.6) is 0 Å². The molecule has 6 nitrogen and oxygen atoms in total. The molecule has 0 amide bonds. The second-order valence-corrected chi connectivity index (χ2v) is 6.04. The summed E-state index contributed by atoms with van der Waals surface area (Å²) in [7, 11) is 3.87. The number of nitrogens with zero attached hydrogens (tertiary/aromatic N) is 3. The van der Waals surface area contributed by atoms with Gasteiger partial charge in [0.2, 0.25) is 0 Å². The Morgan fingerprint density at radius 2 is 1.96 bits per heavy atom. The molecule has 1 aliphatic heterocycles. The van der Waals surface area contributed by atoms with Gasteiger partial charge >= 0.3 is 0 Å². The van der Waals surface area contributed by atoms with Crippen LogP contribution in [-0.4, -0.2) is 88.5 Å². The summed E-state index contributed by atoms with van der Waals surface area (Å²) in [5.41, 5.74) is 0. The molecule has 0 unspecified atom stereocenters. The van der Waals surface area contributed by atoms with Crippen molar-refractivity contribution in [2.75, 3.05) is 66.6 Å². The van der Waals surface area contributed by atoms with E-state index in [4.69, 9.17) is 14.5 Å². The van der Waals surface area contributed by atoms with Crippen LogP contribution in [0.15, 0.2) is 4.99 Å². The van der Waals surface area contributed by atoms with Gasteiger partial charge in [-0.05, 0) is 39.8 Å². The van der Waals surface area contributed by atoms with Crippen molar-refractivity contribution in [1.29, 1.82) is 0 Å². The van der Waals surface area contributed by atoms with Crippen LogP contribution in [-0.2, 0) is 9.47 Å². The molecule has 0 spiro atoms. The summed E-state index contributed by atoms with van der Waals surface area (Å²) in [5, 5.41) is 3.42. The maximum Gasteiger partial charge on any atom is 0.193 e. The van der Waals surface area contributed by atoms with E-state index in [-0.39, 0.29) is 24.0 Å². The Kier molecular flexibility index (Phi) is 15.1. The Morgan fingerprint density at radius 1 is 1.25 bits per heavy atom. The van der Waals surface area contributed by atoms with Crippen LogP contribution in [0, 0.1) is 0 Å². The number of ether oxygens (including phenoxy) is 2. The molecule has 24 heavy (non-hydrogen) atoms. The molecule has 1 saturated heterocycles. The third kappa shape index (κ3) is 10.0. The quantitative estimate of drug-likeness (QED) is 0.236. The minimum Gasteiger partial charge on any atom is -0.385 e. The molecule has 0 bridgehead atoms. The number of hydrogen-bond donors (Lipinski definition) is 1. The number of nitrogens with one attached hydrogen (secondary N) is 1. The molecule has 1 heterocycles. The third-order valence-electron chi connectivity index (χ3n) is 4.21. The first-order valence-electron chi connectivity index (χ1n) is 9.03. The Hall–Kier alpha value is -0.120. The number of halogens is 1. The third-order valence-corrected chi connectivity index (χ3v) is 4.21. The van der Waals surface area contributed by atoms with Crippen LogP contribution in [0.4, 0.5) is 0 Å². The van der Waals surface area contributed by atoms with Gasteiger partial charge in [0.05, 0.1) is 12.6 Å². The van der Waals surface area contributed by atoms with E-state index in [0.29, 0.717) is 6.10 Å². The van der Waals surface area contributed by atoms with Gasteiger partial charge < -0.3 is 24.6 Å². The van der Waals surface area contributed by atoms with Gasteiger partial charge in [0.25, 0.3) is 0 Å². The van der Waals surface area contributed by atoms with Crippen molar-refractivity contribution in [3.05, 3.63) is 0 Å². The molecular weight excluding hydrogens is 419 g/mol. The van der Waals surface area contributed by atoms with Gasteiger partial charge in [-0.3, -0.25) is 4.99 Å². The van der Waals surface area contributed by atoms with Crippen molar-refractivity contribution in [3.63, 3.8) is 0 Å². The standard InChI is InChI=1S/C17H36N4O2.HI/c1-5-18-17(19-10-13-20(3)6-2)21-11-8-16(9-12-21)23-15-7-14-22-4;/h16H,5-15H2,1-4H3,(H,18,19);1H. The van der Waals surface area contributed by atoms with E-state index in [9.17, 15) is 0 Å². The number of likely N-dealkylation sites (N-methyl/N-ethyl adjacent to an activating group) is 1. The molecule has 0 saturated carbocycles. The van der Waals surface area contributed by atoms with Gasteiger partial charge in [-0.2, -0.15) is 0 Å². The molecule has 0 aromatic heterocycles. The fraction of sp³-hybridized carbons (Fsp3) is 0.941. The summed E-state index contributed by atoms with van der Waals surface area (Å²) in [6, 6.07) is 0. The predicted molar refractivity (Wildman–Crippen MR) is 112 cm³/mol. The Labute approximate surface area is 165 Å². The summed E-state index contributed by atoms with van der Waals surface area (Å²) < 4.78 is 11.0. The number of likely N-dealkylation sites (tertiary alicyclic amines) is 1. The maximum atomic E-state index is 5.93. The van der Waals surface area contributed by atoms with Crippen molar-refractivity contribution < 1.29 is 9.47 Å². The number of rotatable bonds is 10. The Morgan fingerprint density at radius 3 is 2.54 bits per heavy atom. The fourth-order valence-corrected chi connectivity index (χ4v) is 2.60. The summed E-state index contributed by atoms with van der Waals surface area (Å²) in [4.78, 5) is 9.42. The lowest BCUT2D eigenvalue weighted by molar-refractivity contribution is 0.00990. The van der Waals surface area contributed by atoms with Crippen molar-refractivity contribution in [2.24, 2.45) is 4.99 Å². The van der Waals surface area contributed by atoms with Crippen molar-refractivity contribution >= 4 is 29.9 Å². The van der Waals surface area contributed by atoms with Crippen LogP contribution in [0.3, 0.4) is 0 Å². The van der Waals surface area contributed by atoms with E-state index in [1.807, 2.05) is 0 Å². The summed E-state index contributed by atoms with van der Waals surface area (Å²) >= 11 is 0. The number of guanidine groups is 1. The number of aliphatic imine (C=N–C) groups is 1. The zero-order valence-electron chi connectivity index (χ0n) is 15.9. The van der Waals surface area contributed by atoms with Crippen molar-refractivity contribution in [1.82, 2.24) is 15.1 Å². The summed E-state index contributed by atoms with van der Waals surface area (Å²) in [6.45, 7) is 11.7. The zero-order valence-corrected chi connectivity index (χ0v) is 18.3. The van der Waals surface area contributed by atoms with Gasteiger partial charge in [0.1, 0.15) is 0 Å². The lowest BCUT2D eigenvalue weighted by Gasteiger charge is -2.34. The van der Waals surface area contributed by atoms with E-state index >= 15 is 0 Å². The molecular formula is C17H37IN4O2. The van der Waals surface area contributed by atoms with E-state index in [1.54, 1.807) is 7.11 Å². The summed E-state index contributed by atoms with van der Waals surface area (Å²) in [5.74, 6) is 1.05. The van der Waals surface area contributed by atoms with Gasteiger partial charge in [-0.25, -0.2) is 0 Å². The first-order chi connectivity index (χ1) is 11.2. The fourth-order valence-electron chi connectivity index (χ4n) is 2.60. The van der Waals surface area contributed by atoms with Crippen LogP contribution < -0.4 is 5.32 Å². The van der Waals surface area contributed by atoms with E-state index in [0.717, 1.165) is 77.7 Å². The second-order valence-electron chi connectivity index (χ2n) is 6.04. The molecule has 144 valence electrons. The van der Waals surface area contributed by atoms with Gasteiger partial charge in [-0.15, -0.1) is 24.0 Å². The van der Waals surface area contributed by atoms with Crippen molar-refractivity contribution in [2.45, 2.75) is 39.2 Å². The number of hydrogen-bond acceptors (Lipinski definition) is 4. The van der Waals surface area contributed by atoms with E-state index in [2.05, 4.69) is 36.0 Å². The molecule has 0 aromatic carbocycles. The summed E-state index contributed by atoms with van der Waals surface area (Å²) in [6.07, 6.45) is 3.52. The second kappa shape index (κ2) is 15.2. The molecule has 1 rings (SSSR count). The lowest BCUT2D eigenvalue weighted by atomic mass is 10.1. The molecule has 0 aromatic rings. The van der Waals surface area contributed by atoms with E-state index < -0.39 is 0 Å². The highest BCUT2D eigenvalue weighted by Crippen LogP contribution is 2.14. The highest BCUT2D eigenvalue weighted by Gasteiger charge is 2.21. The normalized spacial score (nSPS) is 16.4. The molecule has 0 radical (unpaired) electrons.